The number of ether oxygens (including phenoxy) is 3. The van der Waals surface area contributed by atoms with Crippen LogP contribution in [-0.4, -0.2) is 37.8 Å². The van der Waals surface area contributed by atoms with Crippen LogP contribution >= 0.6 is 0 Å². The summed E-state index contributed by atoms with van der Waals surface area (Å²) < 4.78 is 28.9. The first-order valence-corrected chi connectivity index (χ1v) is 10.6. The van der Waals surface area contributed by atoms with Gasteiger partial charge >= 0.3 is 12.0 Å². The zero-order chi connectivity index (χ0) is 24.8. The first-order chi connectivity index (χ1) is 16.9. The van der Waals surface area contributed by atoms with Crippen molar-refractivity contribution in [3.63, 3.8) is 0 Å². The number of carbonyl (C=O) groups is 2. The highest BCUT2D eigenvalue weighted by atomic mass is 19.1. The van der Waals surface area contributed by atoms with Crippen molar-refractivity contribution < 1.29 is 28.2 Å². The molecule has 2 amide bonds. The summed E-state index contributed by atoms with van der Waals surface area (Å²) in [5.41, 5.74) is 2.82. The van der Waals surface area contributed by atoms with Crippen LogP contribution in [0, 0.1) is 5.82 Å². The number of urea groups is 1. The molecule has 0 spiro atoms. The average molecular weight is 475 g/mol. The van der Waals surface area contributed by atoms with Crippen molar-refractivity contribution in [3.05, 3.63) is 78.6 Å². The van der Waals surface area contributed by atoms with Crippen LogP contribution in [0.1, 0.15) is 0 Å². The van der Waals surface area contributed by atoms with Crippen LogP contribution in [0.15, 0.2) is 72.8 Å². The highest BCUT2D eigenvalue weighted by molar-refractivity contribution is 6.01. The van der Waals surface area contributed by atoms with E-state index in [9.17, 15) is 14.0 Å². The van der Waals surface area contributed by atoms with Crippen LogP contribution in [0.2, 0.25) is 0 Å². The second-order valence-electron chi connectivity index (χ2n) is 7.42. The predicted octanol–water partition coefficient (Wildman–Crippen LogP) is 5.25. The van der Waals surface area contributed by atoms with Crippen molar-refractivity contribution in [1.82, 2.24) is 4.98 Å². The summed E-state index contributed by atoms with van der Waals surface area (Å²) in [4.78, 5) is 28.8. The molecule has 0 unspecified atom stereocenters. The maximum absolute atomic E-state index is 13.4. The second-order valence-corrected chi connectivity index (χ2v) is 7.42. The average Bonchev–Trinajstić information content (AvgIpc) is 2.87. The quantitative estimate of drug-likeness (QED) is 0.355. The molecule has 35 heavy (non-hydrogen) atoms. The molecular weight excluding hydrogens is 453 g/mol. The van der Waals surface area contributed by atoms with E-state index < -0.39 is 12.0 Å². The van der Waals surface area contributed by atoms with Crippen molar-refractivity contribution in [2.75, 3.05) is 31.5 Å². The molecule has 0 aliphatic rings. The van der Waals surface area contributed by atoms with Gasteiger partial charge in [-0.1, -0.05) is 6.07 Å². The Morgan fingerprint density at radius 2 is 1.66 bits per heavy atom. The van der Waals surface area contributed by atoms with E-state index in [0.717, 1.165) is 0 Å². The van der Waals surface area contributed by atoms with E-state index in [0.29, 0.717) is 45.0 Å². The molecule has 1 aromatic heterocycles. The molecule has 4 aromatic rings. The number of esters is 1. The van der Waals surface area contributed by atoms with Crippen LogP contribution in [0.3, 0.4) is 0 Å². The molecule has 4 rings (SSSR count). The molecular formula is C26H22FN3O5. The zero-order valence-electron chi connectivity index (χ0n) is 19.0. The molecule has 1 heterocycles. The number of nitrogens with one attached hydrogen (secondary N) is 2. The van der Waals surface area contributed by atoms with Gasteiger partial charge in [0.05, 0.1) is 25.4 Å². The molecule has 178 valence electrons. The lowest BCUT2D eigenvalue weighted by molar-refractivity contribution is -0.142. The van der Waals surface area contributed by atoms with Crippen molar-refractivity contribution in [1.29, 1.82) is 0 Å². The molecule has 0 bridgehead atoms. The molecule has 0 aliphatic carbocycles. The number of anilines is 2. The van der Waals surface area contributed by atoms with E-state index in [1.807, 2.05) is 0 Å². The Balaban J connectivity index is 1.63. The fraction of sp³-hybridized carbons (Fsp3) is 0.115. The highest BCUT2D eigenvalue weighted by Crippen LogP contribution is 2.32. The first kappa shape index (κ1) is 23.5. The molecule has 0 radical (unpaired) electrons. The van der Waals surface area contributed by atoms with E-state index in [1.54, 1.807) is 67.8 Å². The lowest BCUT2D eigenvalue weighted by Gasteiger charge is -2.13. The minimum Gasteiger partial charge on any atom is -0.497 e. The highest BCUT2D eigenvalue weighted by Gasteiger charge is 2.13. The molecule has 0 fully saturated rings. The van der Waals surface area contributed by atoms with E-state index in [2.05, 4.69) is 20.4 Å². The van der Waals surface area contributed by atoms with E-state index in [-0.39, 0.29) is 12.4 Å². The number of rotatable bonds is 7. The van der Waals surface area contributed by atoms with Gasteiger partial charge in [0.15, 0.2) is 6.61 Å². The molecule has 3 aromatic carbocycles. The summed E-state index contributed by atoms with van der Waals surface area (Å²) in [5, 5.41) is 6.08. The van der Waals surface area contributed by atoms with Crippen LogP contribution < -0.4 is 20.1 Å². The maximum atomic E-state index is 13.4. The van der Waals surface area contributed by atoms with E-state index in [4.69, 9.17) is 9.47 Å². The summed E-state index contributed by atoms with van der Waals surface area (Å²) >= 11 is 0. The molecule has 0 atom stereocenters. The Kier molecular flexibility index (Phi) is 7.06. The number of nitrogens with zero attached hydrogens (tertiary/aromatic N) is 1. The Morgan fingerprint density at radius 3 is 2.37 bits per heavy atom. The van der Waals surface area contributed by atoms with Gasteiger partial charge in [-0.3, -0.25) is 0 Å². The van der Waals surface area contributed by atoms with Crippen LogP contribution in [0.5, 0.6) is 11.5 Å². The molecule has 0 aliphatic heterocycles. The van der Waals surface area contributed by atoms with Gasteiger partial charge in [0.2, 0.25) is 0 Å². The maximum Gasteiger partial charge on any atom is 0.343 e. The second kappa shape index (κ2) is 10.5. The largest absolute Gasteiger partial charge is 0.497 e. The standard InChI is InChI=1S/C26H22FN3O5/c1-33-20-5-3-4-18(12-20)28-26(32)29-19-10-11-22-21(13-19)24(35-15-25(31)34-2)14-23(30-22)16-6-8-17(27)9-7-16/h3-14H,15H2,1-2H3,(H2,28,29,32). The van der Waals surface area contributed by atoms with Gasteiger partial charge in [-0.2, -0.15) is 0 Å². The van der Waals surface area contributed by atoms with Crippen LogP contribution in [0.4, 0.5) is 20.6 Å². The Labute approximate surface area is 200 Å². The number of carbonyl (C=O) groups excluding carboxylic acids is 2. The van der Waals surface area contributed by atoms with Gasteiger partial charge in [0, 0.05) is 34.5 Å². The lowest BCUT2D eigenvalue weighted by Crippen LogP contribution is -2.19. The number of hydrogen-bond donors (Lipinski definition) is 2. The summed E-state index contributed by atoms with van der Waals surface area (Å²) in [5.74, 6) is 0.0606. The summed E-state index contributed by atoms with van der Waals surface area (Å²) in [6.45, 7) is -0.313. The van der Waals surface area contributed by atoms with Gasteiger partial charge < -0.3 is 24.8 Å². The van der Waals surface area contributed by atoms with Gasteiger partial charge in [-0.05, 0) is 54.6 Å². The summed E-state index contributed by atoms with van der Waals surface area (Å²) in [7, 11) is 2.81. The Hall–Kier alpha value is -4.66. The number of halogens is 1. The number of hydrogen-bond acceptors (Lipinski definition) is 6. The van der Waals surface area contributed by atoms with Crippen LogP contribution in [0.25, 0.3) is 22.2 Å². The third kappa shape index (κ3) is 5.83. The fourth-order valence-electron chi connectivity index (χ4n) is 3.35. The Bertz CT molecular complexity index is 1380. The van der Waals surface area contributed by atoms with E-state index in [1.165, 1.54) is 19.2 Å². The third-order valence-corrected chi connectivity index (χ3v) is 5.07. The Morgan fingerprint density at radius 1 is 0.914 bits per heavy atom. The first-order valence-electron chi connectivity index (χ1n) is 10.6. The SMILES string of the molecule is COC(=O)COc1cc(-c2ccc(F)cc2)nc2ccc(NC(=O)Nc3cccc(OC)c3)cc12. The number of amides is 2. The topological polar surface area (TPSA) is 98.8 Å². The molecule has 9 heteroatoms. The molecule has 0 saturated carbocycles. The monoisotopic (exact) mass is 475 g/mol. The van der Waals surface area contributed by atoms with Gasteiger partial charge in [0.1, 0.15) is 17.3 Å². The zero-order valence-corrected chi connectivity index (χ0v) is 19.0. The van der Waals surface area contributed by atoms with Crippen LogP contribution in [-0.2, 0) is 9.53 Å². The number of methoxy groups -OCH3 is 2. The predicted molar refractivity (Wildman–Crippen MR) is 130 cm³/mol. The van der Waals surface area contributed by atoms with Crippen molar-refractivity contribution >= 4 is 34.3 Å². The van der Waals surface area contributed by atoms with Gasteiger partial charge in [-0.15, -0.1) is 0 Å². The summed E-state index contributed by atoms with van der Waals surface area (Å²) in [6, 6.07) is 19.1. The fourth-order valence-corrected chi connectivity index (χ4v) is 3.35. The van der Waals surface area contributed by atoms with Crippen molar-refractivity contribution in [2.24, 2.45) is 0 Å². The van der Waals surface area contributed by atoms with E-state index >= 15 is 0 Å². The molecule has 0 saturated heterocycles. The van der Waals surface area contributed by atoms with Gasteiger partial charge in [-0.25, -0.2) is 19.0 Å². The smallest absolute Gasteiger partial charge is 0.343 e. The normalized spacial score (nSPS) is 10.5. The molecule has 8 nitrogen and oxygen atoms in total. The third-order valence-electron chi connectivity index (χ3n) is 5.07. The number of benzene rings is 3. The number of pyridine rings is 1. The van der Waals surface area contributed by atoms with Crippen molar-refractivity contribution in [2.45, 2.75) is 0 Å². The molecule has 2 N–H and O–H groups in total. The number of aromatic nitrogens is 1. The van der Waals surface area contributed by atoms with Gasteiger partial charge in [0.25, 0.3) is 0 Å². The summed E-state index contributed by atoms with van der Waals surface area (Å²) in [6.07, 6.45) is 0. The minimum atomic E-state index is -0.551. The minimum absolute atomic E-state index is 0.313. The van der Waals surface area contributed by atoms with Crippen molar-refractivity contribution in [3.8, 4) is 22.8 Å². The number of fused-ring (bicyclic) bond motifs is 1. The lowest BCUT2D eigenvalue weighted by atomic mass is 10.1.